The van der Waals surface area contributed by atoms with E-state index in [2.05, 4.69) is 13.8 Å². The van der Waals surface area contributed by atoms with Crippen molar-refractivity contribution >= 4 is 33.5 Å². The lowest BCUT2D eigenvalue weighted by Crippen LogP contribution is -2.30. The van der Waals surface area contributed by atoms with E-state index in [1.165, 1.54) is 38.5 Å². The Kier molecular flexibility index (Phi) is 15.9. The van der Waals surface area contributed by atoms with Crippen LogP contribution in [-0.2, 0) is 19.1 Å². The van der Waals surface area contributed by atoms with Crippen molar-refractivity contribution in [2.24, 2.45) is 0 Å². The van der Waals surface area contributed by atoms with E-state index >= 15 is 0 Å². The fraction of sp³-hybridized carbons (Fsp3) is 0.579. The highest BCUT2D eigenvalue weighted by Gasteiger charge is 2.27. The molecule has 0 heterocycles. The minimum absolute atomic E-state index is 0.303. The molecule has 44 heavy (non-hydrogen) atoms. The average Bonchev–Trinajstić information content (AvgIpc) is 3.04. The van der Waals surface area contributed by atoms with Gasteiger partial charge in [0, 0.05) is 21.5 Å². The lowest BCUT2D eigenvalue weighted by Gasteiger charge is -2.24. The molecule has 242 valence electrons. The normalized spacial score (nSPS) is 12.6. The van der Waals surface area contributed by atoms with E-state index in [1.54, 1.807) is 0 Å². The smallest absolute Gasteiger partial charge is 0.347 e. The molecule has 3 aromatic carbocycles. The number of hydrogen-bond donors (Lipinski definition) is 0. The Morgan fingerprint density at radius 3 is 1.14 bits per heavy atom. The van der Waals surface area contributed by atoms with Crippen LogP contribution in [0.1, 0.15) is 118 Å². The van der Waals surface area contributed by atoms with Gasteiger partial charge in [-0.15, -0.1) is 0 Å². The Morgan fingerprint density at radius 2 is 0.818 bits per heavy atom. The van der Waals surface area contributed by atoms with E-state index < -0.39 is 12.2 Å². The van der Waals surface area contributed by atoms with E-state index in [-0.39, 0.29) is 11.9 Å². The van der Waals surface area contributed by atoms with Gasteiger partial charge >= 0.3 is 11.9 Å². The first-order chi connectivity index (χ1) is 21.5. The molecule has 0 saturated carbocycles. The van der Waals surface area contributed by atoms with Gasteiger partial charge in [-0.2, -0.15) is 0 Å². The third-order valence-corrected chi connectivity index (χ3v) is 8.09. The predicted octanol–water partition coefficient (Wildman–Crippen LogP) is 10.1. The zero-order chi connectivity index (χ0) is 31.6. The summed E-state index contributed by atoms with van der Waals surface area (Å²) in [4.78, 5) is 26.2. The molecular weight excluding hydrogens is 552 g/mol. The topological polar surface area (TPSA) is 71.1 Å². The summed E-state index contributed by atoms with van der Waals surface area (Å²) in [6.45, 7) is 8.67. The van der Waals surface area contributed by atoms with Gasteiger partial charge in [0.15, 0.2) is 12.2 Å². The van der Waals surface area contributed by atoms with Crippen LogP contribution in [0, 0.1) is 0 Å². The number of hydrogen-bond acceptors (Lipinski definition) is 6. The number of fused-ring (bicyclic) bond motifs is 2. The van der Waals surface area contributed by atoms with Gasteiger partial charge in [0.25, 0.3) is 0 Å². The van der Waals surface area contributed by atoms with Crippen molar-refractivity contribution in [3.05, 3.63) is 48.5 Å². The van der Waals surface area contributed by atoms with Gasteiger partial charge in [-0.1, -0.05) is 127 Å². The van der Waals surface area contributed by atoms with E-state index in [4.69, 9.17) is 18.9 Å². The summed E-state index contributed by atoms with van der Waals surface area (Å²) in [6.07, 6.45) is 13.3. The molecule has 3 aromatic rings. The van der Waals surface area contributed by atoms with Gasteiger partial charge in [0.2, 0.25) is 0 Å². The van der Waals surface area contributed by atoms with Crippen molar-refractivity contribution in [3.63, 3.8) is 0 Å². The second kappa shape index (κ2) is 19.9. The number of rotatable bonds is 22. The molecule has 0 amide bonds. The molecule has 0 aliphatic rings. The monoisotopic (exact) mass is 606 g/mol. The molecule has 0 aliphatic carbocycles. The highest BCUT2D eigenvalue weighted by atomic mass is 16.6. The fourth-order valence-corrected chi connectivity index (χ4v) is 5.73. The Bertz CT molecular complexity index is 1130. The van der Waals surface area contributed by atoms with Crippen LogP contribution in [0.4, 0.5) is 0 Å². The maximum Gasteiger partial charge on any atom is 0.347 e. The molecule has 0 radical (unpaired) electrons. The highest BCUT2D eigenvalue weighted by molar-refractivity contribution is 6.11. The molecule has 0 fully saturated rings. The molecule has 2 unspecified atom stereocenters. The lowest BCUT2D eigenvalue weighted by molar-refractivity contribution is -0.152. The lowest BCUT2D eigenvalue weighted by atomic mass is 9.99. The van der Waals surface area contributed by atoms with Gasteiger partial charge in [0.05, 0.1) is 13.2 Å². The molecular formula is C38H54O6. The molecule has 0 saturated heterocycles. The minimum Gasteiger partial charge on any atom is -0.477 e. The van der Waals surface area contributed by atoms with Gasteiger partial charge in [-0.3, -0.25) is 0 Å². The molecule has 3 rings (SSSR count). The highest BCUT2D eigenvalue weighted by Crippen LogP contribution is 2.44. The van der Waals surface area contributed by atoms with Crippen molar-refractivity contribution in [1.82, 2.24) is 0 Å². The van der Waals surface area contributed by atoms with Crippen LogP contribution in [0.3, 0.4) is 0 Å². The number of carbonyl (C=O) groups is 2. The quantitative estimate of drug-likeness (QED) is 0.0644. The molecule has 6 nitrogen and oxygen atoms in total. The molecule has 0 N–H and O–H groups in total. The van der Waals surface area contributed by atoms with Crippen molar-refractivity contribution in [2.75, 3.05) is 13.2 Å². The summed E-state index contributed by atoms with van der Waals surface area (Å²) in [5.74, 6) is 0.596. The van der Waals surface area contributed by atoms with Crippen LogP contribution in [-0.4, -0.2) is 37.4 Å². The average molecular weight is 607 g/mol. The molecule has 6 heteroatoms. The van der Waals surface area contributed by atoms with Crippen molar-refractivity contribution in [1.29, 1.82) is 0 Å². The Hall–Kier alpha value is -3.28. The first-order valence-electron chi connectivity index (χ1n) is 17.2. The van der Waals surface area contributed by atoms with Crippen LogP contribution in [0.15, 0.2) is 48.5 Å². The van der Waals surface area contributed by atoms with Crippen molar-refractivity contribution in [3.8, 4) is 11.5 Å². The Balaban J connectivity index is 1.96. The van der Waals surface area contributed by atoms with Crippen LogP contribution < -0.4 is 9.47 Å². The largest absolute Gasteiger partial charge is 0.477 e. The predicted molar refractivity (Wildman–Crippen MR) is 180 cm³/mol. The van der Waals surface area contributed by atoms with Crippen LogP contribution in [0.5, 0.6) is 11.5 Å². The van der Waals surface area contributed by atoms with Crippen LogP contribution in [0.25, 0.3) is 21.5 Å². The first kappa shape index (κ1) is 35.2. The van der Waals surface area contributed by atoms with Gasteiger partial charge in [-0.25, -0.2) is 9.59 Å². The van der Waals surface area contributed by atoms with E-state index in [0.717, 1.165) is 60.1 Å². The SMILES string of the molecule is CCCCCCCCC(Oc1c2ccccc2c(OC(CCCCCCCC)C(=O)OCC)c2ccccc12)C(=O)OCC. The van der Waals surface area contributed by atoms with E-state index in [0.29, 0.717) is 37.6 Å². The van der Waals surface area contributed by atoms with Gasteiger partial charge in [0.1, 0.15) is 11.5 Å². The molecule has 0 aliphatic heterocycles. The summed E-state index contributed by atoms with van der Waals surface area (Å²) >= 11 is 0. The van der Waals surface area contributed by atoms with Crippen molar-refractivity contribution < 1.29 is 28.5 Å². The molecule has 2 atom stereocenters. The Morgan fingerprint density at radius 1 is 0.500 bits per heavy atom. The number of esters is 2. The second-order valence-electron chi connectivity index (χ2n) is 11.6. The zero-order valence-corrected chi connectivity index (χ0v) is 27.5. The number of carbonyl (C=O) groups excluding carboxylic acids is 2. The summed E-state index contributed by atoms with van der Waals surface area (Å²) < 4.78 is 24.1. The Labute approximate surface area is 264 Å². The zero-order valence-electron chi connectivity index (χ0n) is 27.5. The number of ether oxygens (including phenoxy) is 4. The summed E-state index contributed by atoms with van der Waals surface area (Å²) in [6, 6.07) is 15.8. The van der Waals surface area contributed by atoms with Gasteiger partial charge in [-0.05, 0) is 39.5 Å². The molecule has 0 spiro atoms. The van der Waals surface area contributed by atoms with E-state index in [1.807, 2.05) is 62.4 Å². The standard InChI is InChI=1S/C38H54O6/c1-5-9-11-13-15-17-27-33(37(39)41-7-3)43-35-29-23-19-21-25-31(29)36(32-26-22-20-24-30(32)35)44-34(38(40)42-8-4)28-18-16-14-12-10-6-2/h19-26,33-34H,5-18,27-28H2,1-4H3. The van der Waals surface area contributed by atoms with Crippen LogP contribution in [0.2, 0.25) is 0 Å². The molecule has 0 aromatic heterocycles. The maximum atomic E-state index is 13.1. The third kappa shape index (κ3) is 10.4. The first-order valence-corrected chi connectivity index (χ1v) is 17.2. The second-order valence-corrected chi connectivity index (χ2v) is 11.6. The van der Waals surface area contributed by atoms with Crippen LogP contribution >= 0.6 is 0 Å². The summed E-state index contributed by atoms with van der Waals surface area (Å²) in [5.41, 5.74) is 0. The van der Waals surface area contributed by atoms with Crippen molar-refractivity contribution in [2.45, 2.75) is 130 Å². The minimum atomic E-state index is -0.709. The number of benzene rings is 3. The summed E-state index contributed by atoms with van der Waals surface area (Å²) in [7, 11) is 0. The third-order valence-electron chi connectivity index (χ3n) is 8.09. The van der Waals surface area contributed by atoms with E-state index in [9.17, 15) is 9.59 Å². The number of unbranched alkanes of at least 4 members (excludes halogenated alkanes) is 10. The summed E-state index contributed by atoms with van der Waals surface area (Å²) in [5, 5.41) is 3.34. The maximum absolute atomic E-state index is 13.1. The van der Waals surface area contributed by atoms with Gasteiger partial charge < -0.3 is 18.9 Å². The fourth-order valence-electron chi connectivity index (χ4n) is 5.73. The molecule has 0 bridgehead atoms.